The van der Waals surface area contributed by atoms with E-state index >= 15 is 8.78 Å². The summed E-state index contributed by atoms with van der Waals surface area (Å²) in [4.78, 5) is 5.00. The van der Waals surface area contributed by atoms with Gasteiger partial charge in [0.25, 0.3) is 0 Å². The summed E-state index contributed by atoms with van der Waals surface area (Å²) < 4.78 is 56.7. The Morgan fingerprint density at radius 3 is 2.44 bits per heavy atom. The zero-order valence-corrected chi connectivity index (χ0v) is 24.5. The van der Waals surface area contributed by atoms with Crippen molar-refractivity contribution in [3.63, 3.8) is 0 Å². The molecule has 8 heteroatoms. The summed E-state index contributed by atoms with van der Waals surface area (Å²) in [5.41, 5.74) is 4.83. The van der Waals surface area contributed by atoms with Crippen LogP contribution in [0.3, 0.4) is 0 Å². The molecule has 1 aliphatic carbocycles. The number of imidazole rings is 1. The molecule has 3 aromatic carbocycles. The molecule has 0 saturated heterocycles. The monoisotopic (exact) mass is 578 g/mol. The summed E-state index contributed by atoms with van der Waals surface area (Å²) in [5, 5.41) is 0.610. The first-order valence-electron chi connectivity index (χ1n) is 13.7. The Bertz CT molecular complexity index is 1560. The predicted molar refractivity (Wildman–Crippen MR) is 157 cm³/mol. The summed E-state index contributed by atoms with van der Waals surface area (Å²) in [6, 6.07) is 15.1. The second-order valence-corrected chi connectivity index (χ2v) is 11.3. The van der Waals surface area contributed by atoms with Gasteiger partial charge in [-0.3, -0.25) is 4.57 Å². The van der Waals surface area contributed by atoms with Gasteiger partial charge in [-0.05, 0) is 105 Å². The van der Waals surface area contributed by atoms with Crippen molar-refractivity contribution in [3.8, 4) is 11.4 Å². The van der Waals surface area contributed by atoms with Gasteiger partial charge in [-0.25, -0.2) is 18.2 Å². The minimum Gasteiger partial charge on any atom is -0.501 e. The molecule has 0 spiro atoms. The summed E-state index contributed by atoms with van der Waals surface area (Å²) in [5.74, 6) is -0.732. The lowest BCUT2D eigenvalue weighted by molar-refractivity contribution is 0.272. The van der Waals surface area contributed by atoms with Crippen molar-refractivity contribution < 1.29 is 22.6 Å². The first-order chi connectivity index (χ1) is 19.7. The standard InChI is InChI=1S/C33H33F3N2O2S/c1-5-40-16-14-22-18-27(35)26(28(36)19-22)20-41-32-37-29-7-6-15-33(3,23-8-13-30(39-4)21(2)17-23)31(29)38(32)25-11-9-24(34)10-12-25/h8-14,16-19H,5-7,15,20H2,1-4H3/b16-14+. The lowest BCUT2D eigenvalue weighted by Gasteiger charge is -2.36. The molecule has 0 amide bonds. The van der Waals surface area contributed by atoms with Crippen LogP contribution in [0.25, 0.3) is 11.8 Å². The van der Waals surface area contributed by atoms with Crippen LogP contribution in [0.5, 0.6) is 5.75 Å². The highest BCUT2D eigenvalue weighted by atomic mass is 32.2. The molecule has 0 N–H and O–H groups in total. The number of hydrogen-bond donors (Lipinski definition) is 0. The normalized spacial score (nSPS) is 16.7. The SMILES string of the molecule is CCO/C=C/c1cc(F)c(CSc2nc3c(n2-c2ccc(F)cc2)C(C)(c2ccc(OC)c(C)c2)CCC3)c(F)c1. The number of halogens is 3. The number of benzene rings is 3. The number of aryl methyl sites for hydroxylation is 2. The number of nitrogens with zero attached hydrogens (tertiary/aromatic N) is 2. The average molecular weight is 579 g/mol. The summed E-state index contributed by atoms with van der Waals surface area (Å²) >= 11 is 1.27. The van der Waals surface area contributed by atoms with E-state index in [0.717, 1.165) is 53.2 Å². The van der Waals surface area contributed by atoms with Crippen molar-refractivity contribution in [2.45, 2.75) is 56.4 Å². The fourth-order valence-corrected chi connectivity index (χ4v) is 6.61. The van der Waals surface area contributed by atoms with Crippen LogP contribution in [-0.2, 0) is 22.3 Å². The van der Waals surface area contributed by atoms with Crippen LogP contribution in [0.2, 0.25) is 0 Å². The zero-order valence-electron chi connectivity index (χ0n) is 23.6. The molecule has 5 rings (SSSR count). The van der Waals surface area contributed by atoms with E-state index in [1.54, 1.807) is 19.2 Å². The second kappa shape index (κ2) is 12.1. The molecule has 0 fully saturated rings. The van der Waals surface area contributed by atoms with E-state index in [0.29, 0.717) is 17.3 Å². The molecule has 1 aliphatic rings. The first-order valence-corrected chi connectivity index (χ1v) is 14.7. The fourth-order valence-electron chi connectivity index (χ4n) is 5.56. The quantitative estimate of drug-likeness (QED) is 0.147. The van der Waals surface area contributed by atoms with Crippen LogP contribution in [0.1, 0.15) is 60.3 Å². The summed E-state index contributed by atoms with van der Waals surface area (Å²) in [6.45, 7) is 6.53. The van der Waals surface area contributed by atoms with Crippen LogP contribution >= 0.6 is 11.8 Å². The molecule has 41 heavy (non-hydrogen) atoms. The Balaban J connectivity index is 1.57. The topological polar surface area (TPSA) is 36.3 Å². The van der Waals surface area contributed by atoms with E-state index in [4.69, 9.17) is 14.5 Å². The van der Waals surface area contributed by atoms with Crippen molar-refractivity contribution in [2.75, 3.05) is 13.7 Å². The second-order valence-electron chi connectivity index (χ2n) is 10.4. The lowest BCUT2D eigenvalue weighted by atomic mass is 9.71. The van der Waals surface area contributed by atoms with E-state index in [1.165, 1.54) is 48.4 Å². The van der Waals surface area contributed by atoms with E-state index < -0.39 is 17.0 Å². The van der Waals surface area contributed by atoms with Gasteiger partial charge in [-0.15, -0.1) is 0 Å². The van der Waals surface area contributed by atoms with Gasteiger partial charge in [0.2, 0.25) is 0 Å². The molecule has 4 aromatic rings. The third-order valence-corrected chi connectivity index (χ3v) is 8.65. The molecule has 0 radical (unpaired) electrons. The Labute approximate surface area is 243 Å². The van der Waals surface area contributed by atoms with Gasteiger partial charge in [0.1, 0.15) is 23.2 Å². The largest absolute Gasteiger partial charge is 0.501 e. The molecule has 1 unspecified atom stereocenters. The Morgan fingerprint density at radius 2 is 1.78 bits per heavy atom. The van der Waals surface area contributed by atoms with Gasteiger partial charge in [0.15, 0.2) is 5.16 Å². The fraction of sp³-hybridized carbons (Fsp3) is 0.303. The molecule has 1 atom stereocenters. The average Bonchev–Trinajstić information content (AvgIpc) is 3.33. The van der Waals surface area contributed by atoms with Crippen molar-refractivity contribution in [1.82, 2.24) is 9.55 Å². The minimum atomic E-state index is -0.628. The Morgan fingerprint density at radius 1 is 1.05 bits per heavy atom. The van der Waals surface area contributed by atoms with Gasteiger partial charge < -0.3 is 9.47 Å². The van der Waals surface area contributed by atoms with E-state index in [1.807, 2.05) is 24.5 Å². The maximum Gasteiger partial charge on any atom is 0.173 e. The molecule has 0 aliphatic heterocycles. The lowest BCUT2D eigenvalue weighted by Crippen LogP contribution is -2.31. The number of methoxy groups -OCH3 is 1. The zero-order chi connectivity index (χ0) is 29.1. The van der Waals surface area contributed by atoms with Crippen molar-refractivity contribution in [3.05, 3.63) is 112 Å². The Kier molecular flexibility index (Phi) is 8.50. The van der Waals surface area contributed by atoms with Crippen LogP contribution < -0.4 is 4.74 Å². The molecular weight excluding hydrogens is 545 g/mol. The third-order valence-electron chi connectivity index (χ3n) is 7.68. The van der Waals surface area contributed by atoms with Crippen LogP contribution in [0.4, 0.5) is 13.2 Å². The van der Waals surface area contributed by atoms with Crippen LogP contribution in [0, 0.1) is 24.4 Å². The Hall–Kier alpha value is -3.65. The highest BCUT2D eigenvalue weighted by Crippen LogP contribution is 2.46. The maximum absolute atomic E-state index is 15.1. The molecule has 1 heterocycles. The highest BCUT2D eigenvalue weighted by Gasteiger charge is 2.39. The minimum absolute atomic E-state index is 0.0243. The van der Waals surface area contributed by atoms with Gasteiger partial charge in [-0.2, -0.15) is 0 Å². The van der Waals surface area contributed by atoms with Crippen LogP contribution in [-0.4, -0.2) is 23.3 Å². The van der Waals surface area contributed by atoms with E-state index in [-0.39, 0.29) is 17.1 Å². The smallest absolute Gasteiger partial charge is 0.173 e. The van der Waals surface area contributed by atoms with Crippen molar-refractivity contribution >= 4 is 17.8 Å². The molecule has 0 bridgehead atoms. The van der Waals surface area contributed by atoms with Crippen molar-refractivity contribution in [2.24, 2.45) is 0 Å². The number of aromatic nitrogens is 2. The molecule has 4 nitrogen and oxygen atoms in total. The molecule has 1 aromatic heterocycles. The van der Waals surface area contributed by atoms with E-state index in [9.17, 15) is 4.39 Å². The predicted octanol–water partition coefficient (Wildman–Crippen LogP) is 8.55. The first kappa shape index (κ1) is 28.9. The van der Waals surface area contributed by atoms with Gasteiger partial charge in [0, 0.05) is 22.4 Å². The highest BCUT2D eigenvalue weighted by molar-refractivity contribution is 7.98. The number of hydrogen-bond acceptors (Lipinski definition) is 4. The third kappa shape index (κ3) is 5.75. The van der Waals surface area contributed by atoms with Gasteiger partial charge in [-0.1, -0.05) is 23.9 Å². The number of rotatable bonds is 9. The number of ether oxygens (including phenoxy) is 2. The van der Waals surface area contributed by atoms with Crippen LogP contribution in [0.15, 0.2) is 66.0 Å². The summed E-state index contributed by atoms with van der Waals surface area (Å²) in [7, 11) is 1.66. The molecular formula is C33H33F3N2O2S. The van der Waals surface area contributed by atoms with Gasteiger partial charge in [0.05, 0.1) is 31.4 Å². The number of fused-ring (bicyclic) bond motifs is 1. The van der Waals surface area contributed by atoms with Gasteiger partial charge >= 0.3 is 0 Å². The molecule has 214 valence electrons. The maximum atomic E-state index is 15.1. The number of thioether (sulfide) groups is 1. The summed E-state index contributed by atoms with van der Waals surface area (Å²) in [6.07, 6.45) is 5.57. The van der Waals surface area contributed by atoms with Crippen molar-refractivity contribution in [1.29, 1.82) is 0 Å². The van der Waals surface area contributed by atoms with E-state index in [2.05, 4.69) is 19.1 Å². The molecule has 0 saturated carbocycles.